The zero-order chi connectivity index (χ0) is 28.2. The lowest BCUT2D eigenvalue weighted by molar-refractivity contribution is 0.0175. The zero-order valence-corrected chi connectivity index (χ0v) is 24.5. The highest BCUT2D eigenvalue weighted by molar-refractivity contribution is 7.91. The van der Waals surface area contributed by atoms with Crippen LogP contribution in [0.1, 0.15) is 92.5 Å². The van der Waals surface area contributed by atoms with Gasteiger partial charge in [0.05, 0.1) is 29.4 Å². The molecule has 1 unspecified atom stereocenters. The fourth-order valence-electron chi connectivity index (χ4n) is 6.24. The summed E-state index contributed by atoms with van der Waals surface area (Å²) >= 11 is 0. The van der Waals surface area contributed by atoms with E-state index in [9.17, 15) is 18.3 Å². The lowest BCUT2D eigenvalue weighted by Crippen LogP contribution is -2.33. The van der Waals surface area contributed by atoms with Gasteiger partial charge < -0.3 is 15.2 Å². The molecule has 1 amide bonds. The first-order valence-corrected chi connectivity index (χ1v) is 16.0. The number of benzene rings is 2. The summed E-state index contributed by atoms with van der Waals surface area (Å²) in [5.74, 6) is 0.901. The molecule has 2 atom stereocenters. The number of fused-ring (bicyclic) bond motifs is 1. The quantitative estimate of drug-likeness (QED) is 0.402. The minimum atomic E-state index is -3.31. The summed E-state index contributed by atoms with van der Waals surface area (Å²) in [6.45, 7) is 10.6. The maximum Gasteiger partial charge on any atom is 0.251 e. The number of hydrogen-bond donors (Lipinski definition) is 2. The van der Waals surface area contributed by atoms with Crippen LogP contribution in [0.5, 0.6) is 0 Å². The van der Waals surface area contributed by atoms with Crippen LogP contribution in [0.4, 0.5) is 0 Å². The van der Waals surface area contributed by atoms with Gasteiger partial charge in [-0.25, -0.2) is 8.42 Å². The summed E-state index contributed by atoms with van der Waals surface area (Å²) in [5, 5.41) is 12.9. The van der Waals surface area contributed by atoms with Crippen molar-refractivity contribution in [2.45, 2.75) is 83.0 Å². The number of carbonyl (C=O) groups excluding carboxylic acids is 1. The summed E-state index contributed by atoms with van der Waals surface area (Å²) < 4.78 is 30.1. The Kier molecular flexibility index (Phi) is 9.86. The molecule has 2 aliphatic rings. The first kappa shape index (κ1) is 29.7. The van der Waals surface area contributed by atoms with E-state index in [2.05, 4.69) is 37.1 Å². The van der Waals surface area contributed by atoms with Crippen LogP contribution in [0.3, 0.4) is 0 Å². The van der Waals surface area contributed by atoms with Crippen molar-refractivity contribution < 1.29 is 23.1 Å². The molecule has 8 heteroatoms. The number of carbonyl (C=O) groups is 1. The van der Waals surface area contributed by atoms with Gasteiger partial charge in [-0.2, -0.15) is 0 Å². The van der Waals surface area contributed by atoms with E-state index in [0.717, 1.165) is 32.5 Å². The van der Waals surface area contributed by atoms with E-state index in [1.165, 1.54) is 36.1 Å². The van der Waals surface area contributed by atoms with Crippen LogP contribution in [0.25, 0.3) is 0 Å². The molecule has 0 radical (unpaired) electrons. The van der Waals surface area contributed by atoms with Crippen LogP contribution in [0, 0.1) is 11.8 Å². The van der Waals surface area contributed by atoms with Gasteiger partial charge in [-0.05, 0) is 85.4 Å². The highest BCUT2D eigenvalue weighted by Crippen LogP contribution is 2.41. The van der Waals surface area contributed by atoms with Crippen molar-refractivity contribution >= 4 is 15.7 Å². The van der Waals surface area contributed by atoms with Gasteiger partial charge in [0.25, 0.3) is 5.91 Å². The Hall–Kier alpha value is -2.26. The van der Waals surface area contributed by atoms with Gasteiger partial charge in [0, 0.05) is 31.3 Å². The summed E-state index contributed by atoms with van der Waals surface area (Å²) in [6.07, 6.45) is 5.08. The standard InChI is InChI=1S/C31H44N2O5S/c1-5-38-26-12-7-22(8-13-26)18-33-19-25-17-24(11-16-28(25)30(33)21(3)4)31(35)32-29(20-34)23-9-14-27(15-10-23)39(36,37)6-2/h9-11,14-17,21-22,26,29-30,34H,5-8,12-13,18-20H2,1-4H3,(H,32,35)/t22-,26-,29-,30?/m0/s1. The molecule has 1 aliphatic heterocycles. The molecule has 2 aromatic carbocycles. The first-order chi connectivity index (χ1) is 18.7. The molecular formula is C31H44N2O5S. The van der Waals surface area contributed by atoms with Gasteiger partial charge in [-0.1, -0.05) is 39.0 Å². The van der Waals surface area contributed by atoms with E-state index in [1.807, 2.05) is 12.1 Å². The Bertz CT molecular complexity index is 1220. The van der Waals surface area contributed by atoms with Crippen molar-refractivity contribution in [3.05, 3.63) is 64.7 Å². The van der Waals surface area contributed by atoms with Crippen LogP contribution in [0.15, 0.2) is 47.4 Å². The van der Waals surface area contributed by atoms with Crippen molar-refractivity contribution in [2.75, 3.05) is 25.5 Å². The number of amides is 1. The van der Waals surface area contributed by atoms with Gasteiger partial charge in [0.1, 0.15) is 0 Å². The molecular weight excluding hydrogens is 512 g/mol. The molecule has 1 fully saturated rings. The molecule has 1 heterocycles. The van der Waals surface area contributed by atoms with Crippen molar-refractivity contribution in [1.82, 2.24) is 10.2 Å². The predicted molar refractivity (Wildman–Crippen MR) is 153 cm³/mol. The predicted octanol–water partition coefficient (Wildman–Crippen LogP) is 5.05. The third kappa shape index (κ3) is 6.91. The minimum Gasteiger partial charge on any atom is -0.394 e. The number of aliphatic hydroxyl groups is 1. The number of ether oxygens (including phenoxy) is 1. The minimum absolute atomic E-state index is 0.0228. The summed E-state index contributed by atoms with van der Waals surface area (Å²) in [6, 6.07) is 12.0. The van der Waals surface area contributed by atoms with E-state index in [-0.39, 0.29) is 23.2 Å². The highest BCUT2D eigenvalue weighted by atomic mass is 32.2. The smallest absolute Gasteiger partial charge is 0.251 e. The van der Waals surface area contributed by atoms with Crippen LogP contribution < -0.4 is 5.32 Å². The molecule has 1 aliphatic carbocycles. The average Bonchev–Trinajstić information content (AvgIpc) is 3.30. The van der Waals surface area contributed by atoms with E-state index in [0.29, 0.717) is 35.1 Å². The van der Waals surface area contributed by atoms with Crippen molar-refractivity contribution in [3.8, 4) is 0 Å². The maximum absolute atomic E-state index is 13.2. The van der Waals surface area contributed by atoms with Crippen LogP contribution >= 0.6 is 0 Å². The van der Waals surface area contributed by atoms with Crippen molar-refractivity contribution in [1.29, 1.82) is 0 Å². The van der Waals surface area contributed by atoms with Crippen molar-refractivity contribution in [2.24, 2.45) is 11.8 Å². The highest BCUT2D eigenvalue weighted by Gasteiger charge is 2.35. The normalized spacial score (nSPS) is 22.6. The molecule has 1 saturated carbocycles. The van der Waals surface area contributed by atoms with Gasteiger partial charge in [-0.15, -0.1) is 0 Å². The largest absolute Gasteiger partial charge is 0.394 e. The Balaban J connectivity index is 1.44. The van der Waals surface area contributed by atoms with Crippen molar-refractivity contribution in [3.63, 3.8) is 0 Å². The van der Waals surface area contributed by atoms with E-state index < -0.39 is 15.9 Å². The molecule has 7 nitrogen and oxygen atoms in total. The molecule has 0 spiro atoms. The van der Waals surface area contributed by atoms with Crippen LogP contribution in [0.2, 0.25) is 0 Å². The van der Waals surface area contributed by atoms with Gasteiger partial charge in [0.2, 0.25) is 0 Å². The third-order valence-electron chi connectivity index (χ3n) is 8.32. The number of aliphatic hydroxyl groups excluding tert-OH is 1. The molecule has 39 heavy (non-hydrogen) atoms. The first-order valence-electron chi connectivity index (χ1n) is 14.4. The Morgan fingerprint density at radius 2 is 1.77 bits per heavy atom. The van der Waals surface area contributed by atoms with Gasteiger partial charge in [-0.3, -0.25) is 9.69 Å². The maximum atomic E-state index is 13.2. The molecule has 4 rings (SSSR count). The fourth-order valence-corrected chi connectivity index (χ4v) is 7.13. The second-order valence-corrected chi connectivity index (χ2v) is 13.6. The molecule has 0 saturated heterocycles. The molecule has 0 aromatic heterocycles. The Labute approximate surface area is 233 Å². The van der Waals surface area contributed by atoms with E-state index >= 15 is 0 Å². The number of rotatable bonds is 11. The molecule has 0 bridgehead atoms. The zero-order valence-electron chi connectivity index (χ0n) is 23.7. The lowest BCUT2D eigenvalue weighted by atomic mass is 9.86. The van der Waals surface area contributed by atoms with Gasteiger partial charge >= 0.3 is 0 Å². The molecule has 214 valence electrons. The molecule has 2 N–H and O–H groups in total. The second-order valence-electron chi connectivity index (χ2n) is 11.3. The Morgan fingerprint density at radius 1 is 1.08 bits per heavy atom. The number of sulfone groups is 1. The fraction of sp³-hybridized carbons (Fsp3) is 0.581. The Morgan fingerprint density at radius 3 is 2.36 bits per heavy atom. The summed E-state index contributed by atoms with van der Waals surface area (Å²) in [7, 11) is -3.31. The number of hydrogen-bond acceptors (Lipinski definition) is 6. The SMILES string of the molecule is CCO[C@H]1CC[C@H](CN2Cc3cc(C(=O)N[C@@H](CO)c4ccc(S(=O)(=O)CC)cc4)ccc3C2C(C)C)CC1. The van der Waals surface area contributed by atoms with Crippen LogP contribution in [-0.2, 0) is 21.1 Å². The van der Waals surface area contributed by atoms with Gasteiger partial charge in [0.15, 0.2) is 9.84 Å². The lowest BCUT2D eigenvalue weighted by Gasteiger charge is -2.35. The average molecular weight is 557 g/mol. The molecule has 2 aromatic rings. The third-order valence-corrected chi connectivity index (χ3v) is 10.1. The monoisotopic (exact) mass is 556 g/mol. The number of nitrogens with zero attached hydrogens (tertiary/aromatic N) is 1. The van der Waals surface area contributed by atoms with E-state index in [1.54, 1.807) is 19.1 Å². The topological polar surface area (TPSA) is 95.9 Å². The van der Waals surface area contributed by atoms with E-state index in [4.69, 9.17) is 4.74 Å². The summed E-state index contributed by atoms with van der Waals surface area (Å²) in [5.41, 5.74) is 3.72. The second kappa shape index (κ2) is 12.9. The van der Waals surface area contributed by atoms with Crippen LogP contribution in [-0.4, -0.2) is 55.9 Å². The number of nitrogens with one attached hydrogen (secondary N) is 1. The summed E-state index contributed by atoms with van der Waals surface area (Å²) in [4.78, 5) is 16.0.